The van der Waals surface area contributed by atoms with Crippen LogP contribution in [0.3, 0.4) is 0 Å². The van der Waals surface area contributed by atoms with Crippen molar-refractivity contribution in [1.82, 2.24) is 4.90 Å². The maximum Gasteiger partial charge on any atom is 0.417 e. The van der Waals surface area contributed by atoms with Gasteiger partial charge in [0.1, 0.15) is 0 Å². The molecule has 0 aliphatic carbocycles. The molecule has 2 aliphatic rings. The Morgan fingerprint density at radius 3 is 2.34 bits per heavy atom. The van der Waals surface area contributed by atoms with E-state index in [1.807, 2.05) is 35.2 Å². The molecule has 2 amide bonds. The Kier molecular flexibility index (Phi) is 7.01. The number of hydrogen-bond donors (Lipinski definition) is 1. The second kappa shape index (κ2) is 9.98. The molecule has 4 rings (SSSR count). The van der Waals surface area contributed by atoms with E-state index in [1.165, 1.54) is 6.07 Å². The van der Waals surface area contributed by atoms with Crippen LogP contribution in [0.15, 0.2) is 48.5 Å². The van der Waals surface area contributed by atoms with Crippen molar-refractivity contribution < 1.29 is 22.8 Å². The van der Waals surface area contributed by atoms with Crippen LogP contribution in [0.1, 0.15) is 29.5 Å². The van der Waals surface area contributed by atoms with Crippen LogP contribution in [0, 0.1) is 29.1 Å². The van der Waals surface area contributed by atoms with Crippen molar-refractivity contribution >= 4 is 17.5 Å². The number of anilines is 1. The number of nitrogens with zero attached hydrogens (tertiary/aromatic N) is 3. The Labute approximate surface area is 202 Å². The van der Waals surface area contributed by atoms with Gasteiger partial charge in [-0.25, -0.2) is 0 Å². The van der Waals surface area contributed by atoms with Crippen LogP contribution in [0.5, 0.6) is 0 Å². The molecule has 2 heterocycles. The number of benzene rings is 2. The maximum absolute atomic E-state index is 13.4. The van der Waals surface area contributed by atoms with Crippen molar-refractivity contribution in [3.8, 4) is 6.07 Å². The molecule has 0 spiro atoms. The van der Waals surface area contributed by atoms with Gasteiger partial charge in [-0.2, -0.15) is 18.4 Å². The number of primary amides is 1. The van der Waals surface area contributed by atoms with Crippen molar-refractivity contribution in [2.45, 2.75) is 25.4 Å². The van der Waals surface area contributed by atoms with Gasteiger partial charge in [-0.05, 0) is 48.4 Å². The Hall–Kier alpha value is -3.54. The van der Waals surface area contributed by atoms with E-state index in [2.05, 4.69) is 0 Å². The first kappa shape index (κ1) is 24.6. The van der Waals surface area contributed by atoms with Crippen LogP contribution < -0.4 is 10.6 Å². The van der Waals surface area contributed by atoms with Crippen molar-refractivity contribution in [1.29, 1.82) is 5.26 Å². The van der Waals surface area contributed by atoms with E-state index in [-0.39, 0.29) is 24.2 Å². The minimum absolute atomic E-state index is 0.0420. The van der Waals surface area contributed by atoms with Gasteiger partial charge in [0.25, 0.3) is 0 Å². The number of likely N-dealkylation sites (tertiary alicyclic amines) is 1. The molecule has 35 heavy (non-hydrogen) atoms. The van der Waals surface area contributed by atoms with Crippen molar-refractivity contribution in [2.24, 2.45) is 23.5 Å². The zero-order chi connectivity index (χ0) is 25.2. The number of hydrogen-bond acceptors (Lipinski definition) is 4. The van der Waals surface area contributed by atoms with Crippen LogP contribution >= 0.6 is 0 Å². The molecule has 2 aliphatic heterocycles. The summed E-state index contributed by atoms with van der Waals surface area (Å²) < 4.78 is 40.1. The third-order valence-corrected chi connectivity index (χ3v) is 7.22. The molecule has 0 aromatic heterocycles. The van der Waals surface area contributed by atoms with E-state index >= 15 is 0 Å². The standard InChI is InChI=1S/C26H27F3N4O2/c27-26(28,29)23-13-20(7-6-19(23)14-30)32-10-8-18(9-11-32)21-15-33(16-22(21)25(31)35)24(34)12-17-4-2-1-3-5-17/h1-7,13,18,21-22H,8-12,15-16H2,(H2,31,35). The summed E-state index contributed by atoms with van der Waals surface area (Å²) in [7, 11) is 0. The summed E-state index contributed by atoms with van der Waals surface area (Å²) in [6.07, 6.45) is -2.99. The molecule has 2 aromatic rings. The summed E-state index contributed by atoms with van der Waals surface area (Å²) in [4.78, 5) is 28.7. The third-order valence-electron chi connectivity index (χ3n) is 7.22. The van der Waals surface area contributed by atoms with Crippen LogP contribution in [0.4, 0.5) is 18.9 Å². The SMILES string of the molecule is N#Cc1ccc(N2CCC(C3CN(C(=O)Cc4ccccc4)CC3C(N)=O)CC2)cc1C(F)(F)F. The van der Waals surface area contributed by atoms with E-state index in [0.717, 1.165) is 11.6 Å². The molecule has 0 bridgehead atoms. The molecule has 2 N–H and O–H groups in total. The predicted molar refractivity (Wildman–Crippen MR) is 124 cm³/mol. The highest BCUT2D eigenvalue weighted by molar-refractivity contribution is 5.82. The second-order valence-electron chi connectivity index (χ2n) is 9.30. The van der Waals surface area contributed by atoms with Crippen LogP contribution in [0.2, 0.25) is 0 Å². The van der Waals surface area contributed by atoms with Crippen LogP contribution in [0.25, 0.3) is 0 Å². The van der Waals surface area contributed by atoms with Gasteiger partial charge < -0.3 is 15.5 Å². The number of alkyl halides is 3. The van der Waals surface area contributed by atoms with E-state index < -0.39 is 29.1 Å². The average Bonchev–Trinajstić information content (AvgIpc) is 3.30. The molecule has 2 unspecified atom stereocenters. The monoisotopic (exact) mass is 484 g/mol. The lowest BCUT2D eigenvalue weighted by molar-refractivity contribution is -0.137. The molecule has 9 heteroatoms. The molecular formula is C26H27F3N4O2. The molecule has 0 radical (unpaired) electrons. The highest BCUT2D eigenvalue weighted by atomic mass is 19.4. The first-order valence-corrected chi connectivity index (χ1v) is 11.6. The van der Waals surface area contributed by atoms with Crippen LogP contribution in [-0.4, -0.2) is 42.9 Å². The highest BCUT2D eigenvalue weighted by Gasteiger charge is 2.43. The minimum atomic E-state index is -4.60. The third kappa shape index (κ3) is 5.42. The van der Waals surface area contributed by atoms with Crippen LogP contribution in [-0.2, 0) is 22.2 Å². The lowest BCUT2D eigenvalue weighted by atomic mass is 9.78. The molecule has 2 aromatic carbocycles. The van der Waals surface area contributed by atoms with Crippen molar-refractivity contribution in [3.63, 3.8) is 0 Å². The normalized spacial score (nSPS) is 21.1. The van der Waals surface area contributed by atoms with Gasteiger partial charge in [-0.15, -0.1) is 0 Å². The minimum Gasteiger partial charge on any atom is -0.372 e. The Morgan fingerprint density at radius 2 is 1.74 bits per heavy atom. The molecule has 184 valence electrons. The molecule has 2 atom stereocenters. The first-order chi connectivity index (χ1) is 16.7. The van der Waals surface area contributed by atoms with E-state index in [0.29, 0.717) is 44.7 Å². The number of amides is 2. The summed E-state index contributed by atoms with van der Waals surface area (Å²) >= 11 is 0. The number of piperidine rings is 1. The van der Waals surface area contributed by atoms with E-state index in [4.69, 9.17) is 11.0 Å². The fourth-order valence-electron chi connectivity index (χ4n) is 5.34. The summed E-state index contributed by atoms with van der Waals surface area (Å²) in [6, 6.07) is 14.8. The zero-order valence-corrected chi connectivity index (χ0v) is 19.2. The topological polar surface area (TPSA) is 90.4 Å². The summed E-state index contributed by atoms with van der Waals surface area (Å²) in [6.45, 7) is 1.80. The van der Waals surface area contributed by atoms with Gasteiger partial charge in [0.2, 0.25) is 11.8 Å². The number of rotatable bonds is 5. The number of carbonyl (C=O) groups excluding carboxylic acids is 2. The van der Waals surface area contributed by atoms with Crippen molar-refractivity contribution in [2.75, 3.05) is 31.1 Å². The molecular weight excluding hydrogens is 457 g/mol. The highest BCUT2D eigenvalue weighted by Crippen LogP contribution is 2.39. The Morgan fingerprint density at radius 1 is 1.06 bits per heavy atom. The van der Waals surface area contributed by atoms with Gasteiger partial charge >= 0.3 is 6.18 Å². The van der Waals surface area contributed by atoms with Crippen molar-refractivity contribution in [3.05, 3.63) is 65.2 Å². The largest absolute Gasteiger partial charge is 0.417 e. The lowest BCUT2D eigenvalue weighted by Gasteiger charge is -2.37. The summed E-state index contributed by atoms with van der Waals surface area (Å²) in [5, 5.41) is 9.02. The van der Waals surface area contributed by atoms with E-state index in [9.17, 15) is 22.8 Å². The summed E-state index contributed by atoms with van der Waals surface area (Å²) in [5.41, 5.74) is 5.69. The van der Waals surface area contributed by atoms with Gasteiger partial charge in [0, 0.05) is 31.9 Å². The molecule has 0 saturated carbocycles. The average molecular weight is 485 g/mol. The second-order valence-corrected chi connectivity index (χ2v) is 9.30. The molecule has 2 saturated heterocycles. The smallest absolute Gasteiger partial charge is 0.372 e. The Balaban J connectivity index is 1.42. The predicted octanol–water partition coefficient (Wildman–Crippen LogP) is 3.60. The molecule has 2 fully saturated rings. The zero-order valence-electron chi connectivity index (χ0n) is 19.2. The number of nitrogens with two attached hydrogens (primary N) is 1. The summed E-state index contributed by atoms with van der Waals surface area (Å²) in [5.74, 6) is -0.827. The first-order valence-electron chi connectivity index (χ1n) is 11.6. The number of carbonyl (C=O) groups is 2. The molecule has 6 nitrogen and oxygen atoms in total. The van der Waals surface area contributed by atoms with Gasteiger partial charge in [0.05, 0.1) is 29.5 Å². The number of nitriles is 1. The Bertz CT molecular complexity index is 1120. The number of halogens is 3. The lowest BCUT2D eigenvalue weighted by Crippen LogP contribution is -2.40. The van der Waals surface area contributed by atoms with Gasteiger partial charge in [-0.3, -0.25) is 9.59 Å². The fraction of sp³-hybridized carbons (Fsp3) is 0.423. The van der Waals surface area contributed by atoms with E-state index in [1.54, 1.807) is 17.0 Å². The fourth-order valence-corrected chi connectivity index (χ4v) is 5.34. The quantitative estimate of drug-likeness (QED) is 0.702. The maximum atomic E-state index is 13.4. The van der Waals surface area contributed by atoms with Gasteiger partial charge in [0.15, 0.2) is 0 Å². The van der Waals surface area contributed by atoms with Gasteiger partial charge in [-0.1, -0.05) is 30.3 Å².